The Kier molecular flexibility index (Phi) is 6.44. The molecule has 4 rings (SSSR count). The third kappa shape index (κ3) is 4.78. The van der Waals surface area contributed by atoms with Crippen LogP contribution in [0.4, 0.5) is 0 Å². The molecule has 0 aliphatic carbocycles. The second-order valence-electron chi connectivity index (χ2n) is 7.82. The number of nitrogens with zero attached hydrogens (tertiary/aromatic N) is 2. The summed E-state index contributed by atoms with van der Waals surface area (Å²) < 4.78 is 5.24. The Labute approximate surface area is 172 Å². The van der Waals surface area contributed by atoms with Crippen molar-refractivity contribution in [3.8, 4) is 5.75 Å². The molecule has 0 spiro atoms. The van der Waals surface area contributed by atoms with Gasteiger partial charge in [0.25, 0.3) is 0 Å². The van der Waals surface area contributed by atoms with Gasteiger partial charge in [-0.3, -0.25) is 15.1 Å². The minimum Gasteiger partial charge on any atom is -0.497 e. The van der Waals surface area contributed by atoms with E-state index in [9.17, 15) is 4.79 Å². The molecule has 2 N–H and O–H groups in total. The summed E-state index contributed by atoms with van der Waals surface area (Å²) in [4.78, 5) is 17.8. The quantitative estimate of drug-likeness (QED) is 0.814. The lowest BCUT2D eigenvalue weighted by atomic mass is 9.93. The summed E-state index contributed by atoms with van der Waals surface area (Å²) in [6.45, 7) is 5.11. The summed E-state index contributed by atoms with van der Waals surface area (Å²) >= 11 is 0. The lowest BCUT2D eigenvalue weighted by molar-refractivity contribution is -0.135. The van der Waals surface area contributed by atoms with Gasteiger partial charge in [0.2, 0.25) is 5.91 Å². The highest BCUT2D eigenvalue weighted by molar-refractivity contribution is 5.80. The molecule has 2 saturated heterocycles. The van der Waals surface area contributed by atoms with Gasteiger partial charge in [0.15, 0.2) is 0 Å². The Bertz CT molecular complexity index is 796. The topological polar surface area (TPSA) is 56.8 Å². The zero-order valence-corrected chi connectivity index (χ0v) is 17.0. The molecular formula is C23H30N4O2. The number of carbonyl (C=O) groups is 1. The van der Waals surface area contributed by atoms with Gasteiger partial charge < -0.3 is 9.64 Å². The normalized spacial score (nSPS) is 23.0. The van der Waals surface area contributed by atoms with Gasteiger partial charge in [-0.15, -0.1) is 0 Å². The molecule has 0 aromatic heterocycles. The molecule has 2 aliphatic rings. The summed E-state index contributed by atoms with van der Waals surface area (Å²) in [6, 6.07) is 18.5. The zero-order valence-electron chi connectivity index (χ0n) is 17.0. The molecule has 2 aromatic rings. The number of hydrogen-bond donors (Lipinski definition) is 2. The SMILES string of the molecule is COc1ccc(CN2CCCN(C(=O)C3CNNC3c3ccccc3)CC2)cc1. The van der Waals surface area contributed by atoms with E-state index in [-0.39, 0.29) is 17.9 Å². The van der Waals surface area contributed by atoms with Crippen molar-refractivity contribution in [2.45, 2.75) is 19.0 Å². The van der Waals surface area contributed by atoms with Crippen LogP contribution < -0.4 is 15.6 Å². The van der Waals surface area contributed by atoms with E-state index in [1.807, 2.05) is 30.3 Å². The highest BCUT2D eigenvalue weighted by Crippen LogP contribution is 2.27. The van der Waals surface area contributed by atoms with Gasteiger partial charge in [-0.05, 0) is 29.7 Å². The van der Waals surface area contributed by atoms with Crippen LogP contribution in [0.25, 0.3) is 0 Å². The van der Waals surface area contributed by atoms with Crippen LogP contribution in [0.15, 0.2) is 54.6 Å². The first-order valence-electron chi connectivity index (χ1n) is 10.4. The lowest BCUT2D eigenvalue weighted by Crippen LogP contribution is -2.41. The number of hydrazine groups is 1. The first-order chi connectivity index (χ1) is 14.2. The Morgan fingerprint density at radius 1 is 1.03 bits per heavy atom. The van der Waals surface area contributed by atoms with Gasteiger partial charge in [0.05, 0.1) is 19.1 Å². The van der Waals surface area contributed by atoms with E-state index in [1.54, 1.807) is 7.11 Å². The maximum absolute atomic E-state index is 13.3. The molecule has 0 radical (unpaired) electrons. The van der Waals surface area contributed by atoms with Crippen molar-refractivity contribution < 1.29 is 9.53 Å². The van der Waals surface area contributed by atoms with E-state index >= 15 is 0 Å². The molecular weight excluding hydrogens is 364 g/mol. The molecule has 2 fully saturated rings. The second kappa shape index (κ2) is 9.39. The molecule has 2 aromatic carbocycles. The fraction of sp³-hybridized carbons (Fsp3) is 0.435. The van der Waals surface area contributed by atoms with Crippen molar-refractivity contribution in [1.29, 1.82) is 0 Å². The average molecular weight is 395 g/mol. The van der Waals surface area contributed by atoms with Crippen molar-refractivity contribution in [3.05, 3.63) is 65.7 Å². The van der Waals surface area contributed by atoms with Crippen LogP contribution in [0.2, 0.25) is 0 Å². The van der Waals surface area contributed by atoms with Crippen LogP contribution >= 0.6 is 0 Å². The Balaban J connectivity index is 1.35. The van der Waals surface area contributed by atoms with Crippen LogP contribution in [-0.4, -0.2) is 55.5 Å². The standard InChI is InChI=1S/C23H30N4O2/c1-29-20-10-8-18(9-11-20)17-26-12-5-13-27(15-14-26)23(28)21-16-24-25-22(21)19-6-3-2-4-7-19/h2-4,6-11,21-22,24-25H,5,12-17H2,1H3. The van der Waals surface area contributed by atoms with Crippen LogP contribution in [0.3, 0.4) is 0 Å². The zero-order chi connectivity index (χ0) is 20.1. The molecule has 2 atom stereocenters. The minimum absolute atomic E-state index is 0.0300. The van der Waals surface area contributed by atoms with Crippen LogP contribution in [0.1, 0.15) is 23.6 Å². The molecule has 2 heterocycles. The number of amides is 1. The summed E-state index contributed by atoms with van der Waals surface area (Å²) in [5, 5.41) is 0. The summed E-state index contributed by atoms with van der Waals surface area (Å²) in [5.41, 5.74) is 8.92. The van der Waals surface area contributed by atoms with Crippen LogP contribution in [0, 0.1) is 5.92 Å². The second-order valence-corrected chi connectivity index (χ2v) is 7.82. The lowest BCUT2D eigenvalue weighted by Gasteiger charge is -2.27. The Hall–Kier alpha value is -2.41. The fourth-order valence-electron chi connectivity index (χ4n) is 4.28. The number of benzene rings is 2. The predicted octanol–water partition coefficient (Wildman–Crippen LogP) is 2.19. The van der Waals surface area contributed by atoms with E-state index in [2.05, 4.69) is 44.9 Å². The van der Waals surface area contributed by atoms with E-state index in [4.69, 9.17) is 4.74 Å². The Morgan fingerprint density at radius 2 is 1.83 bits per heavy atom. The Morgan fingerprint density at radius 3 is 2.59 bits per heavy atom. The molecule has 2 unspecified atom stereocenters. The number of methoxy groups -OCH3 is 1. The molecule has 0 bridgehead atoms. The van der Waals surface area contributed by atoms with E-state index in [0.29, 0.717) is 6.54 Å². The number of ether oxygens (including phenoxy) is 1. The molecule has 1 amide bonds. The fourth-order valence-corrected chi connectivity index (χ4v) is 4.28. The van der Waals surface area contributed by atoms with Gasteiger partial charge in [0, 0.05) is 39.3 Å². The molecule has 2 aliphatic heterocycles. The van der Waals surface area contributed by atoms with Crippen molar-refractivity contribution in [1.82, 2.24) is 20.7 Å². The number of nitrogens with one attached hydrogen (secondary N) is 2. The van der Waals surface area contributed by atoms with E-state index < -0.39 is 0 Å². The molecule has 6 nitrogen and oxygen atoms in total. The number of rotatable bonds is 5. The molecule has 6 heteroatoms. The van der Waals surface area contributed by atoms with Crippen molar-refractivity contribution >= 4 is 5.91 Å². The summed E-state index contributed by atoms with van der Waals surface area (Å²) in [7, 11) is 1.69. The predicted molar refractivity (Wildman–Crippen MR) is 113 cm³/mol. The molecule has 154 valence electrons. The highest BCUT2D eigenvalue weighted by Gasteiger charge is 2.36. The first kappa shape index (κ1) is 19.9. The molecule has 29 heavy (non-hydrogen) atoms. The van der Waals surface area contributed by atoms with Crippen molar-refractivity contribution in [2.24, 2.45) is 5.92 Å². The van der Waals surface area contributed by atoms with Crippen molar-refractivity contribution in [2.75, 3.05) is 39.8 Å². The summed E-state index contributed by atoms with van der Waals surface area (Å²) in [5.74, 6) is 1.07. The third-order valence-electron chi connectivity index (χ3n) is 5.92. The van der Waals surface area contributed by atoms with Gasteiger partial charge in [0.1, 0.15) is 5.75 Å². The van der Waals surface area contributed by atoms with E-state index in [0.717, 1.165) is 50.5 Å². The monoisotopic (exact) mass is 394 g/mol. The smallest absolute Gasteiger partial charge is 0.229 e. The summed E-state index contributed by atoms with van der Waals surface area (Å²) in [6.07, 6.45) is 1.01. The first-order valence-corrected chi connectivity index (χ1v) is 10.4. The van der Waals surface area contributed by atoms with Gasteiger partial charge in [-0.2, -0.15) is 0 Å². The highest BCUT2D eigenvalue weighted by atomic mass is 16.5. The maximum atomic E-state index is 13.3. The molecule has 0 saturated carbocycles. The van der Waals surface area contributed by atoms with Gasteiger partial charge in [-0.25, -0.2) is 5.43 Å². The van der Waals surface area contributed by atoms with Crippen LogP contribution in [0.5, 0.6) is 5.75 Å². The van der Waals surface area contributed by atoms with Gasteiger partial charge in [-0.1, -0.05) is 42.5 Å². The largest absolute Gasteiger partial charge is 0.497 e. The van der Waals surface area contributed by atoms with Gasteiger partial charge >= 0.3 is 0 Å². The number of carbonyl (C=O) groups excluding carboxylic acids is 1. The maximum Gasteiger partial charge on any atom is 0.229 e. The third-order valence-corrected chi connectivity index (χ3v) is 5.92. The van der Waals surface area contributed by atoms with E-state index in [1.165, 1.54) is 5.56 Å². The minimum atomic E-state index is -0.0643. The number of hydrogen-bond acceptors (Lipinski definition) is 5. The average Bonchev–Trinajstić information content (AvgIpc) is 3.15. The van der Waals surface area contributed by atoms with Crippen LogP contribution in [-0.2, 0) is 11.3 Å². The van der Waals surface area contributed by atoms with Crippen molar-refractivity contribution in [3.63, 3.8) is 0 Å².